The molecule has 1 N–H and O–H groups in total. The van der Waals surface area contributed by atoms with Crippen LogP contribution < -0.4 is 0 Å². The van der Waals surface area contributed by atoms with Crippen LogP contribution in [0.1, 0.15) is 42.6 Å². The number of sulfone groups is 2. The number of nitrogens with zero attached hydrogens (tertiary/aromatic N) is 2. The van der Waals surface area contributed by atoms with Gasteiger partial charge in [-0.2, -0.15) is 39.5 Å². The lowest BCUT2D eigenvalue weighted by Crippen LogP contribution is -2.54. The summed E-state index contributed by atoms with van der Waals surface area (Å²) >= 11 is 0. The first-order valence-corrected chi connectivity index (χ1v) is 17.7. The van der Waals surface area contributed by atoms with Crippen LogP contribution in [0.25, 0.3) is 0 Å². The summed E-state index contributed by atoms with van der Waals surface area (Å²) in [5, 5.41) is 7.12. The molecule has 0 radical (unpaired) electrons. The average molecular weight is 775 g/mol. The number of halogens is 11. The number of aromatic nitrogens is 1. The number of amides is 1. The second kappa shape index (κ2) is 12.9. The maximum absolute atomic E-state index is 14.9. The number of aryl methyl sites for hydroxylation is 1. The molecular weight excluding hydrogens is 749 g/mol. The van der Waals surface area contributed by atoms with Gasteiger partial charge >= 0.3 is 30.2 Å². The molecule has 2 unspecified atom stereocenters. The van der Waals surface area contributed by atoms with Crippen LogP contribution in [0.3, 0.4) is 0 Å². The fourth-order valence-electron chi connectivity index (χ4n) is 6.50. The standard InChI is InChI=1S/C26H24F8N2O5S2.C2HF3O2/c27-16-2-1-3-17(14-16)43(40,41)23-10-11-36(22(37)15-8-12-42(38,39)13-9-15)21(23)7-5-19-18(23)4-6-20(35-19)24(28,25(29,30)31)26(32,33)34;3-2(4,5)1(6)7/h1-4,6,14-15,21H,5,7-13H2;(H,6,7). The van der Waals surface area contributed by atoms with Gasteiger partial charge in [0.15, 0.2) is 9.84 Å². The van der Waals surface area contributed by atoms with Gasteiger partial charge < -0.3 is 10.0 Å². The molecule has 1 aromatic carbocycles. The van der Waals surface area contributed by atoms with E-state index in [1.165, 1.54) is 4.90 Å². The molecule has 2 aliphatic heterocycles. The highest BCUT2D eigenvalue weighted by molar-refractivity contribution is 7.92. The summed E-state index contributed by atoms with van der Waals surface area (Å²) in [7, 11) is -8.08. The molecule has 1 aliphatic carbocycles. The minimum atomic E-state index is -6.45. The fourth-order valence-corrected chi connectivity index (χ4v) is 10.4. The smallest absolute Gasteiger partial charge is 0.475 e. The monoisotopic (exact) mass is 774 g/mol. The van der Waals surface area contributed by atoms with Crippen molar-refractivity contribution >= 4 is 31.6 Å². The summed E-state index contributed by atoms with van der Waals surface area (Å²) in [5.74, 6) is -5.51. The van der Waals surface area contributed by atoms with E-state index in [1.807, 2.05) is 0 Å². The first kappa shape index (κ1) is 39.2. The van der Waals surface area contributed by atoms with Gasteiger partial charge in [0.1, 0.15) is 20.4 Å². The largest absolute Gasteiger partial charge is 0.490 e. The van der Waals surface area contributed by atoms with Gasteiger partial charge in [-0.15, -0.1) is 0 Å². The normalized spacial score (nSPS) is 22.9. The van der Waals surface area contributed by atoms with Crippen molar-refractivity contribution in [2.75, 3.05) is 18.1 Å². The minimum absolute atomic E-state index is 0.0109. The second-order valence-corrected chi connectivity index (χ2v) is 16.3. The highest BCUT2D eigenvalue weighted by atomic mass is 32.2. The fraction of sp³-hybridized carbons (Fsp3) is 0.536. The number of hydrogen-bond donors (Lipinski definition) is 1. The molecule has 3 heterocycles. The Kier molecular flexibility index (Phi) is 10.1. The molecule has 2 fully saturated rings. The van der Waals surface area contributed by atoms with Crippen LogP contribution in [-0.2, 0) is 46.1 Å². The molecule has 2 atom stereocenters. The third-order valence-electron chi connectivity index (χ3n) is 8.87. The average Bonchev–Trinajstić information content (AvgIpc) is 3.40. The van der Waals surface area contributed by atoms with Gasteiger partial charge in [0.2, 0.25) is 5.91 Å². The molecule has 1 amide bonds. The molecule has 22 heteroatoms. The Hall–Kier alpha value is -3.56. The quantitative estimate of drug-likeness (QED) is 0.420. The van der Waals surface area contributed by atoms with E-state index >= 15 is 0 Å². The summed E-state index contributed by atoms with van der Waals surface area (Å²) in [6.45, 7) is -0.208. The molecule has 0 bridgehead atoms. The summed E-state index contributed by atoms with van der Waals surface area (Å²) in [4.78, 5) is 26.6. The van der Waals surface area contributed by atoms with Crippen LogP contribution in [0.4, 0.5) is 48.3 Å². The van der Waals surface area contributed by atoms with E-state index in [0.29, 0.717) is 12.1 Å². The predicted octanol–water partition coefficient (Wildman–Crippen LogP) is 5.18. The van der Waals surface area contributed by atoms with E-state index in [2.05, 4.69) is 4.98 Å². The van der Waals surface area contributed by atoms with Gasteiger partial charge in [0.05, 0.1) is 28.1 Å². The number of hydrogen-bond acceptors (Lipinski definition) is 7. The SMILES string of the molecule is O=C(C1CCS(=O)(=O)CC1)N1CCC2(S(=O)(=O)c3cccc(F)c3)c3ccc(C(F)(C(F)(F)F)C(F)(F)F)nc3CCC12.O=C(O)C(F)(F)F. The van der Waals surface area contributed by atoms with Crippen LogP contribution >= 0.6 is 0 Å². The summed E-state index contributed by atoms with van der Waals surface area (Å²) in [6.07, 6.45) is -19.1. The Labute approximate surface area is 276 Å². The number of carbonyl (C=O) groups is 2. The number of carboxylic acid groups (broad SMARTS) is 1. The van der Waals surface area contributed by atoms with Crippen molar-refractivity contribution in [2.45, 2.75) is 72.0 Å². The van der Waals surface area contributed by atoms with Crippen molar-refractivity contribution in [3.63, 3.8) is 0 Å². The lowest BCUT2D eigenvalue weighted by atomic mass is 9.80. The summed E-state index contributed by atoms with van der Waals surface area (Å²) in [5.41, 5.74) is -8.70. The number of pyridine rings is 1. The van der Waals surface area contributed by atoms with Crippen molar-refractivity contribution in [1.82, 2.24) is 9.88 Å². The highest BCUT2D eigenvalue weighted by Gasteiger charge is 2.75. The number of carboxylic acids is 1. The van der Waals surface area contributed by atoms with Crippen molar-refractivity contribution in [3.8, 4) is 0 Å². The number of benzene rings is 1. The topological polar surface area (TPSA) is 139 Å². The van der Waals surface area contributed by atoms with E-state index in [9.17, 15) is 69.9 Å². The molecule has 9 nitrogen and oxygen atoms in total. The Bertz CT molecular complexity index is 1850. The van der Waals surface area contributed by atoms with Crippen LogP contribution in [0.15, 0.2) is 41.3 Å². The molecule has 2 aromatic rings. The van der Waals surface area contributed by atoms with Crippen molar-refractivity contribution in [3.05, 3.63) is 59.2 Å². The van der Waals surface area contributed by atoms with Crippen molar-refractivity contribution < 1.29 is 79.8 Å². The van der Waals surface area contributed by atoms with E-state index in [0.717, 1.165) is 18.2 Å². The van der Waals surface area contributed by atoms with Crippen molar-refractivity contribution in [1.29, 1.82) is 0 Å². The van der Waals surface area contributed by atoms with Crippen LogP contribution in [0.2, 0.25) is 0 Å². The van der Waals surface area contributed by atoms with E-state index in [-0.39, 0.29) is 55.4 Å². The van der Waals surface area contributed by atoms with Gasteiger partial charge in [0.25, 0.3) is 0 Å². The van der Waals surface area contributed by atoms with Gasteiger partial charge in [-0.1, -0.05) is 12.1 Å². The van der Waals surface area contributed by atoms with E-state index in [4.69, 9.17) is 9.90 Å². The van der Waals surface area contributed by atoms with Gasteiger partial charge in [-0.25, -0.2) is 30.4 Å². The molecule has 2 saturated heterocycles. The number of fused-ring (bicyclic) bond motifs is 3. The molecule has 3 aliphatic rings. The number of likely N-dealkylation sites (tertiary alicyclic amines) is 1. The molecule has 0 saturated carbocycles. The van der Waals surface area contributed by atoms with Crippen LogP contribution in [0.5, 0.6) is 0 Å². The zero-order valence-corrected chi connectivity index (χ0v) is 26.7. The lowest BCUT2D eigenvalue weighted by Gasteiger charge is -2.43. The number of carbonyl (C=O) groups excluding carboxylic acids is 1. The number of aliphatic carboxylic acids is 1. The second-order valence-electron chi connectivity index (χ2n) is 11.8. The number of rotatable bonds is 4. The molecular formula is C28H25F11N2O7S2. The Morgan fingerprint density at radius 3 is 1.96 bits per heavy atom. The third-order valence-corrected chi connectivity index (χ3v) is 13.1. The molecule has 278 valence electrons. The Morgan fingerprint density at radius 2 is 1.46 bits per heavy atom. The first-order valence-electron chi connectivity index (χ1n) is 14.3. The maximum atomic E-state index is 14.9. The van der Waals surface area contributed by atoms with Crippen LogP contribution in [0, 0.1) is 11.7 Å². The molecule has 5 rings (SSSR count). The third kappa shape index (κ3) is 6.75. The summed E-state index contributed by atoms with van der Waals surface area (Å²) in [6, 6.07) is 3.43. The van der Waals surface area contributed by atoms with Crippen LogP contribution in [-0.4, -0.2) is 86.3 Å². The maximum Gasteiger partial charge on any atom is 0.490 e. The lowest BCUT2D eigenvalue weighted by molar-refractivity contribution is -0.350. The Balaban J connectivity index is 0.000000727. The van der Waals surface area contributed by atoms with Gasteiger partial charge in [-0.05, 0) is 61.9 Å². The molecule has 0 spiro atoms. The molecule has 50 heavy (non-hydrogen) atoms. The zero-order valence-electron chi connectivity index (χ0n) is 25.0. The van der Waals surface area contributed by atoms with E-state index in [1.54, 1.807) is 0 Å². The first-order chi connectivity index (χ1) is 22.7. The zero-order chi connectivity index (χ0) is 37.9. The molecule has 1 aromatic heterocycles. The minimum Gasteiger partial charge on any atom is -0.475 e. The van der Waals surface area contributed by atoms with Gasteiger partial charge in [-0.3, -0.25) is 9.78 Å². The van der Waals surface area contributed by atoms with Crippen molar-refractivity contribution in [2.24, 2.45) is 5.92 Å². The number of alkyl halides is 10. The summed E-state index contributed by atoms with van der Waals surface area (Å²) < 4.78 is 192. The predicted molar refractivity (Wildman–Crippen MR) is 148 cm³/mol. The van der Waals surface area contributed by atoms with Gasteiger partial charge in [0, 0.05) is 18.2 Å². The van der Waals surface area contributed by atoms with E-state index < -0.39 is 101 Å². The highest BCUT2D eigenvalue weighted by Crippen LogP contribution is 2.56. The Morgan fingerprint density at radius 1 is 0.900 bits per heavy atom.